The number of thioether (sulfide) groups is 1. The summed E-state index contributed by atoms with van der Waals surface area (Å²) in [6.45, 7) is 0.386. The van der Waals surface area contributed by atoms with E-state index in [2.05, 4.69) is 4.98 Å². The van der Waals surface area contributed by atoms with Gasteiger partial charge < -0.3 is 4.42 Å². The Hall–Kier alpha value is -2.12. The predicted octanol–water partition coefficient (Wildman–Crippen LogP) is 6.05. The fraction of sp³-hybridized carbons (Fsp3) is 0.0500. The lowest BCUT2D eigenvalue weighted by molar-refractivity contribution is -0.122. The van der Waals surface area contributed by atoms with Crippen molar-refractivity contribution in [3.63, 3.8) is 0 Å². The molecule has 140 valence electrons. The molecule has 0 unspecified atom stereocenters. The largest absolute Gasteiger partial charge is 0.457 e. The fourth-order valence-corrected chi connectivity index (χ4v) is 4.34. The van der Waals surface area contributed by atoms with E-state index >= 15 is 0 Å². The van der Waals surface area contributed by atoms with Crippen LogP contribution in [0.5, 0.6) is 0 Å². The van der Waals surface area contributed by atoms with Crippen LogP contribution in [-0.2, 0) is 11.3 Å². The topological polar surface area (TPSA) is 46.3 Å². The number of nitrogens with zero attached hydrogens (tertiary/aromatic N) is 2. The zero-order valence-electron chi connectivity index (χ0n) is 14.3. The van der Waals surface area contributed by atoms with Crippen LogP contribution >= 0.6 is 47.2 Å². The molecule has 1 aromatic carbocycles. The number of hydrogen-bond donors (Lipinski definition) is 0. The molecule has 1 aliphatic rings. The van der Waals surface area contributed by atoms with Crippen LogP contribution in [0.3, 0.4) is 0 Å². The molecular weight excluding hydrogens is 435 g/mol. The van der Waals surface area contributed by atoms with E-state index in [9.17, 15) is 4.79 Å². The summed E-state index contributed by atoms with van der Waals surface area (Å²) in [4.78, 5) is 18.9. The second kappa shape index (κ2) is 8.09. The number of carbonyl (C=O) groups excluding carboxylic acids is 1. The highest BCUT2D eigenvalue weighted by Gasteiger charge is 2.32. The van der Waals surface area contributed by atoms with Gasteiger partial charge in [-0.2, -0.15) is 0 Å². The quantitative estimate of drug-likeness (QED) is 0.360. The summed E-state index contributed by atoms with van der Waals surface area (Å²) in [6, 6.07) is 12.6. The first kappa shape index (κ1) is 19.2. The molecule has 28 heavy (non-hydrogen) atoms. The van der Waals surface area contributed by atoms with Gasteiger partial charge in [-0.3, -0.25) is 14.7 Å². The van der Waals surface area contributed by atoms with E-state index in [0.29, 0.717) is 42.9 Å². The zero-order chi connectivity index (χ0) is 19.7. The summed E-state index contributed by atoms with van der Waals surface area (Å²) in [5.41, 5.74) is 1.61. The summed E-state index contributed by atoms with van der Waals surface area (Å²) in [5, 5.41) is 0.876. The average Bonchev–Trinajstić information content (AvgIpc) is 3.25. The number of amides is 1. The highest BCUT2D eigenvalue weighted by atomic mass is 35.5. The van der Waals surface area contributed by atoms with Gasteiger partial charge in [0.2, 0.25) is 0 Å². The van der Waals surface area contributed by atoms with Gasteiger partial charge in [0.15, 0.2) is 0 Å². The van der Waals surface area contributed by atoms with Crippen molar-refractivity contribution in [3.05, 3.63) is 81.1 Å². The van der Waals surface area contributed by atoms with Crippen LogP contribution in [0.15, 0.2) is 64.2 Å². The Morgan fingerprint density at radius 1 is 1.18 bits per heavy atom. The van der Waals surface area contributed by atoms with Gasteiger partial charge >= 0.3 is 0 Å². The molecule has 4 nitrogen and oxygen atoms in total. The molecule has 1 saturated heterocycles. The molecule has 0 radical (unpaired) electrons. The molecule has 0 spiro atoms. The van der Waals surface area contributed by atoms with Crippen molar-refractivity contribution in [2.45, 2.75) is 6.54 Å². The second-order valence-electron chi connectivity index (χ2n) is 5.93. The molecule has 8 heteroatoms. The van der Waals surface area contributed by atoms with Gasteiger partial charge in [-0.25, -0.2) is 0 Å². The molecule has 0 N–H and O–H groups in total. The number of aromatic nitrogens is 1. The predicted molar refractivity (Wildman–Crippen MR) is 117 cm³/mol. The van der Waals surface area contributed by atoms with Crippen molar-refractivity contribution in [1.82, 2.24) is 9.88 Å². The monoisotopic (exact) mass is 446 g/mol. The smallest absolute Gasteiger partial charge is 0.266 e. The van der Waals surface area contributed by atoms with Gasteiger partial charge in [0.05, 0.1) is 21.5 Å². The molecule has 3 heterocycles. The number of pyridine rings is 1. The van der Waals surface area contributed by atoms with Gasteiger partial charge in [-0.05, 0) is 35.9 Å². The third-order valence-corrected chi connectivity index (χ3v) is 6.25. The van der Waals surface area contributed by atoms with Crippen molar-refractivity contribution in [1.29, 1.82) is 0 Å². The molecule has 0 aliphatic carbocycles. The number of carbonyl (C=O) groups is 1. The maximum Gasteiger partial charge on any atom is 0.266 e. The van der Waals surface area contributed by atoms with Crippen LogP contribution in [0.25, 0.3) is 17.4 Å². The van der Waals surface area contributed by atoms with Gasteiger partial charge in [0, 0.05) is 24.0 Å². The molecule has 0 saturated carbocycles. The van der Waals surface area contributed by atoms with Crippen LogP contribution in [0.2, 0.25) is 10.0 Å². The minimum Gasteiger partial charge on any atom is -0.457 e. The molecule has 1 aliphatic heterocycles. The number of halogens is 2. The maximum atomic E-state index is 12.7. The van der Waals surface area contributed by atoms with Crippen LogP contribution in [0.4, 0.5) is 0 Å². The summed E-state index contributed by atoms with van der Waals surface area (Å²) in [7, 11) is 0. The van der Waals surface area contributed by atoms with Gasteiger partial charge in [-0.1, -0.05) is 59.3 Å². The van der Waals surface area contributed by atoms with Crippen LogP contribution in [0.1, 0.15) is 11.3 Å². The minimum absolute atomic E-state index is 0.155. The molecule has 1 fully saturated rings. The van der Waals surface area contributed by atoms with Crippen LogP contribution in [0, 0.1) is 0 Å². The Bertz CT molecular complexity index is 1100. The highest BCUT2D eigenvalue weighted by molar-refractivity contribution is 8.26. The average molecular weight is 447 g/mol. The van der Waals surface area contributed by atoms with Gasteiger partial charge in [0.1, 0.15) is 15.8 Å². The standard InChI is InChI=1S/C20H12Cl2N2O2S2/c21-15-5-1-4-14(18(15)22)16-7-6-13(26-16)9-17-19(25)24(20(27)28-17)11-12-3-2-8-23-10-12/h1-10H,11H2/b17-9-. The van der Waals surface area contributed by atoms with Gasteiger partial charge in [-0.15, -0.1) is 0 Å². The number of furan rings is 1. The Labute approximate surface area is 181 Å². The Kier molecular flexibility index (Phi) is 5.55. The van der Waals surface area contributed by atoms with Crippen molar-refractivity contribution in [2.75, 3.05) is 0 Å². The summed E-state index contributed by atoms with van der Waals surface area (Å²) < 4.78 is 6.35. The van der Waals surface area contributed by atoms with Crippen LogP contribution in [-0.4, -0.2) is 20.1 Å². The lowest BCUT2D eigenvalue weighted by Gasteiger charge is -2.13. The van der Waals surface area contributed by atoms with E-state index in [4.69, 9.17) is 39.8 Å². The zero-order valence-corrected chi connectivity index (χ0v) is 17.4. The Morgan fingerprint density at radius 2 is 2.04 bits per heavy atom. The molecular formula is C20H12Cl2N2O2S2. The normalized spacial score (nSPS) is 15.6. The lowest BCUT2D eigenvalue weighted by Crippen LogP contribution is -2.27. The fourth-order valence-electron chi connectivity index (χ4n) is 2.71. The molecule has 1 amide bonds. The molecule has 2 aromatic heterocycles. The maximum absolute atomic E-state index is 12.7. The first-order valence-corrected chi connectivity index (χ1v) is 10.2. The molecule has 0 bridgehead atoms. The van der Waals surface area contributed by atoms with E-state index in [1.165, 1.54) is 11.8 Å². The summed E-state index contributed by atoms with van der Waals surface area (Å²) >= 11 is 18.9. The van der Waals surface area contributed by atoms with Gasteiger partial charge in [0.25, 0.3) is 5.91 Å². The third kappa shape index (κ3) is 3.86. The molecule has 4 rings (SSSR count). The highest BCUT2D eigenvalue weighted by Crippen LogP contribution is 2.37. The van der Waals surface area contributed by atoms with Crippen molar-refractivity contribution in [3.8, 4) is 11.3 Å². The van der Waals surface area contributed by atoms with Crippen molar-refractivity contribution in [2.24, 2.45) is 0 Å². The number of benzene rings is 1. The second-order valence-corrected chi connectivity index (χ2v) is 8.39. The first-order chi connectivity index (χ1) is 13.5. The van der Waals surface area contributed by atoms with E-state index in [-0.39, 0.29) is 5.91 Å². The van der Waals surface area contributed by atoms with E-state index in [1.54, 1.807) is 47.6 Å². The van der Waals surface area contributed by atoms with Crippen LogP contribution < -0.4 is 0 Å². The van der Waals surface area contributed by atoms with E-state index in [0.717, 1.165) is 5.56 Å². The van der Waals surface area contributed by atoms with Crippen molar-refractivity contribution >= 4 is 63.5 Å². The van der Waals surface area contributed by atoms with E-state index in [1.807, 2.05) is 18.2 Å². The Balaban J connectivity index is 1.57. The number of rotatable bonds is 4. The SMILES string of the molecule is O=C1/C(=C/c2ccc(-c3cccc(Cl)c3Cl)o2)SC(=S)N1Cc1cccnc1. The lowest BCUT2D eigenvalue weighted by atomic mass is 10.2. The molecule has 3 aromatic rings. The minimum atomic E-state index is -0.155. The first-order valence-electron chi connectivity index (χ1n) is 8.21. The third-order valence-electron chi connectivity index (χ3n) is 4.05. The van der Waals surface area contributed by atoms with Crippen molar-refractivity contribution < 1.29 is 9.21 Å². The molecule has 0 atom stereocenters. The number of thiocarbonyl (C=S) groups is 1. The summed E-state index contributed by atoms with van der Waals surface area (Å²) in [6.07, 6.45) is 5.09. The number of hydrogen-bond acceptors (Lipinski definition) is 5. The summed E-state index contributed by atoms with van der Waals surface area (Å²) in [5.74, 6) is 0.954. The Morgan fingerprint density at radius 3 is 2.82 bits per heavy atom. The van der Waals surface area contributed by atoms with E-state index < -0.39 is 0 Å².